The van der Waals surface area contributed by atoms with Crippen molar-refractivity contribution >= 4 is 51.3 Å². The first-order valence-corrected chi connectivity index (χ1v) is 19.5. The summed E-state index contributed by atoms with van der Waals surface area (Å²) in [5.74, 6) is 0.483. The number of carbonyl (C=O) groups is 2. The summed E-state index contributed by atoms with van der Waals surface area (Å²) in [6.07, 6.45) is 0.0468. The van der Waals surface area contributed by atoms with Crippen LogP contribution in [0.4, 0.5) is 24.0 Å². The number of piperidine rings is 2. The number of thiazole rings is 1. The van der Waals surface area contributed by atoms with Gasteiger partial charge in [-0.25, -0.2) is 13.5 Å². The average Bonchev–Trinajstić information content (AvgIpc) is 3.67. The highest BCUT2D eigenvalue weighted by atomic mass is 32.2. The summed E-state index contributed by atoms with van der Waals surface area (Å²) < 4.78 is 60.2. The normalized spacial score (nSPS) is 16.6. The number of likely N-dealkylation sites (tertiary alicyclic amines) is 1. The fourth-order valence-electron chi connectivity index (χ4n) is 6.51. The minimum atomic E-state index is -4.43. The maximum Gasteiger partial charge on any atom is 0.427 e. The summed E-state index contributed by atoms with van der Waals surface area (Å²) >= 11 is 0.573. The number of rotatable bonds is 15. The zero-order valence-corrected chi connectivity index (χ0v) is 31.7. The molecule has 2 saturated heterocycles. The van der Waals surface area contributed by atoms with Gasteiger partial charge in [0.05, 0.1) is 16.7 Å². The van der Waals surface area contributed by atoms with E-state index in [4.69, 9.17) is 10.1 Å². The van der Waals surface area contributed by atoms with Crippen LogP contribution in [0.5, 0.6) is 5.75 Å². The molecule has 0 radical (unpaired) electrons. The minimum Gasteiger partial charge on any atom is -0.491 e. The van der Waals surface area contributed by atoms with Crippen molar-refractivity contribution in [2.45, 2.75) is 55.1 Å². The molecule has 3 aromatic rings. The highest BCUT2D eigenvalue weighted by Gasteiger charge is 2.34. The van der Waals surface area contributed by atoms with Crippen molar-refractivity contribution in [3.8, 4) is 11.8 Å². The van der Waals surface area contributed by atoms with Crippen LogP contribution in [0.25, 0.3) is 0 Å². The van der Waals surface area contributed by atoms with E-state index in [2.05, 4.69) is 31.9 Å². The van der Waals surface area contributed by atoms with E-state index in [-0.39, 0.29) is 35.9 Å². The molecule has 2 amide bonds. The van der Waals surface area contributed by atoms with Crippen molar-refractivity contribution in [3.63, 3.8) is 0 Å². The number of nitrogens with zero attached hydrogens (tertiary/aromatic N) is 5. The quantitative estimate of drug-likeness (QED) is 0.0957. The molecule has 0 saturated carbocycles. The van der Waals surface area contributed by atoms with E-state index in [0.717, 1.165) is 43.4 Å². The minimum absolute atomic E-state index is 0.0209. The van der Waals surface area contributed by atoms with Gasteiger partial charge in [-0.1, -0.05) is 17.4 Å². The summed E-state index contributed by atoms with van der Waals surface area (Å²) in [5.41, 5.74) is 2.79. The number of halogens is 3. The average molecular weight is 788 g/mol. The molecule has 0 aliphatic carbocycles. The van der Waals surface area contributed by atoms with Gasteiger partial charge in [0.2, 0.25) is 12.3 Å². The number of ether oxygens (including phenoxy) is 1. The molecule has 5 rings (SSSR count). The number of hydrogen-bond donors (Lipinski definition) is 4. The molecule has 3 heterocycles. The van der Waals surface area contributed by atoms with E-state index >= 15 is 0 Å². The Bertz CT molecular complexity index is 1850. The number of nitriles is 1. The Morgan fingerprint density at radius 3 is 2.52 bits per heavy atom. The van der Waals surface area contributed by atoms with Gasteiger partial charge in [0.1, 0.15) is 40.1 Å². The molecule has 4 N–H and O–H groups in total. The summed E-state index contributed by atoms with van der Waals surface area (Å²) in [6.45, 7) is 3.70. The fourth-order valence-corrected chi connectivity index (χ4v) is 8.50. The number of nitrogens with one attached hydrogen (secondary N) is 4. The Kier molecular flexibility index (Phi) is 14.0. The number of alkyl halides is 3. The van der Waals surface area contributed by atoms with Gasteiger partial charge in [-0.3, -0.25) is 24.8 Å². The Morgan fingerprint density at radius 1 is 1.15 bits per heavy atom. The molecule has 0 spiro atoms. The molecule has 2 aliphatic heterocycles. The van der Waals surface area contributed by atoms with E-state index in [0.29, 0.717) is 84.5 Å². The second-order valence-corrected chi connectivity index (χ2v) is 15.5. The van der Waals surface area contributed by atoms with Crippen molar-refractivity contribution in [3.05, 3.63) is 64.2 Å². The van der Waals surface area contributed by atoms with Gasteiger partial charge in [-0.05, 0) is 80.6 Å². The van der Waals surface area contributed by atoms with Crippen LogP contribution in [0.3, 0.4) is 0 Å². The number of anilines is 2. The standard InChI is InChI=1S/C36H44F3N9O4S2/c1-42-30-19-25(4-6-29(30)34(41)47(23-49)14-11-33(50)43-2)24-7-12-46(13-8-24)17-18-52-31-20-28(5-3-26(31)21-40)54(51)48-15-9-27(10-16-48)45-35-44-22-32(53-35)36(37,38)39/h3-6,19-20,22-24,27,41-42H,7-18H2,1-2H3,(H,43,50)(H,44,45). The highest BCUT2D eigenvalue weighted by Crippen LogP contribution is 2.36. The van der Waals surface area contributed by atoms with Gasteiger partial charge < -0.3 is 20.7 Å². The summed E-state index contributed by atoms with van der Waals surface area (Å²) in [7, 11) is 1.79. The molecule has 0 bridgehead atoms. The van der Waals surface area contributed by atoms with Crippen molar-refractivity contribution < 1.29 is 31.7 Å². The maximum atomic E-state index is 13.5. The first-order chi connectivity index (χ1) is 25.9. The number of benzene rings is 2. The van der Waals surface area contributed by atoms with Crippen LogP contribution < -0.4 is 20.7 Å². The van der Waals surface area contributed by atoms with Crippen LogP contribution in [0, 0.1) is 16.7 Å². The van der Waals surface area contributed by atoms with Crippen LogP contribution in [-0.2, 0) is 26.8 Å². The summed E-state index contributed by atoms with van der Waals surface area (Å²) in [6, 6.07) is 12.8. The second kappa shape index (κ2) is 18.7. The lowest BCUT2D eigenvalue weighted by Gasteiger charge is -2.32. The van der Waals surface area contributed by atoms with Crippen LogP contribution in [-0.4, -0.2) is 107 Å². The van der Waals surface area contributed by atoms with Crippen LogP contribution >= 0.6 is 11.3 Å². The van der Waals surface area contributed by atoms with Gasteiger partial charge >= 0.3 is 6.18 Å². The highest BCUT2D eigenvalue weighted by molar-refractivity contribution is 7.82. The van der Waals surface area contributed by atoms with Crippen LogP contribution in [0.15, 0.2) is 47.5 Å². The van der Waals surface area contributed by atoms with Gasteiger partial charge in [0.25, 0.3) is 0 Å². The molecule has 1 unspecified atom stereocenters. The molecule has 2 aliphatic rings. The lowest BCUT2D eigenvalue weighted by atomic mass is 9.88. The van der Waals surface area contributed by atoms with Crippen molar-refractivity contribution in [2.24, 2.45) is 0 Å². The number of aromatic nitrogens is 1. The predicted octanol–water partition coefficient (Wildman–Crippen LogP) is 4.85. The molecular formula is C36H44F3N9O4S2. The van der Waals surface area contributed by atoms with Gasteiger partial charge in [0, 0.05) is 64.0 Å². The SMILES string of the molecule is CNC(=O)CCN(C=O)C(=N)c1ccc(C2CCN(CCOc3cc(S(=O)N4CCC(Nc5ncc(C(F)(F)F)s5)CC4)ccc3C#N)CC2)cc1NC. The number of hydrogen-bond acceptors (Lipinski definition) is 11. The van der Waals surface area contributed by atoms with Gasteiger partial charge in [0.15, 0.2) is 5.13 Å². The largest absolute Gasteiger partial charge is 0.491 e. The van der Waals surface area contributed by atoms with E-state index in [9.17, 15) is 32.2 Å². The Morgan fingerprint density at radius 2 is 1.89 bits per heavy atom. The monoisotopic (exact) mass is 787 g/mol. The molecule has 13 nitrogen and oxygen atoms in total. The van der Waals surface area contributed by atoms with Crippen LogP contribution in [0.2, 0.25) is 0 Å². The van der Waals surface area contributed by atoms with Gasteiger partial charge in [-0.15, -0.1) is 0 Å². The van der Waals surface area contributed by atoms with Crippen LogP contribution in [0.1, 0.15) is 59.6 Å². The van der Waals surface area contributed by atoms with E-state index in [1.807, 2.05) is 22.5 Å². The molecule has 18 heteroatoms. The summed E-state index contributed by atoms with van der Waals surface area (Å²) in [5, 5.41) is 27.3. The predicted molar refractivity (Wildman–Crippen MR) is 201 cm³/mol. The van der Waals surface area contributed by atoms with E-state index < -0.39 is 22.0 Å². The summed E-state index contributed by atoms with van der Waals surface area (Å²) in [4.78, 5) is 30.5. The molecule has 1 aromatic heterocycles. The van der Waals surface area contributed by atoms with Gasteiger partial charge in [-0.2, -0.15) is 18.4 Å². The van der Waals surface area contributed by atoms with Crippen molar-refractivity contribution in [1.82, 2.24) is 24.4 Å². The molecular weight excluding hydrogens is 744 g/mol. The number of amidine groups is 1. The third-order valence-corrected chi connectivity index (χ3v) is 12.1. The van der Waals surface area contributed by atoms with E-state index in [1.165, 1.54) is 11.9 Å². The molecule has 54 heavy (non-hydrogen) atoms. The molecule has 2 aromatic carbocycles. The Labute approximate surface area is 319 Å². The zero-order chi connectivity index (χ0) is 38.8. The Hall–Kier alpha value is -4.57. The third kappa shape index (κ3) is 10.3. The zero-order valence-electron chi connectivity index (χ0n) is 30.1. The smallest absolute Gasteiger partial charge is 0.427 e. The lowest BCUT2D eigenvalue weighted by molar-refractivity contribution is -0.134. The van der Waals surface area contributed by atoms with E-state index in [1.54, 1.807) is 25.2 Å². The molecule has 1 atom stereocenters. The molecule has 2 fully saturated rings. The van der Waals surface area contributed by atoms with Crippen molar-refractivity contribution in [1.29, 1.82) is 10.7 Å². The topological polar surface area (TPSA) is 167 Å². The fraction of sp³-hybridized carbons (Fsp3) is 0.472. The number of carbonyl (C=O) groups excluding carboxylic acids is 2. The first-order valence-electron chi connectivity index (χ1n) is 17.6. The van der Waals surface area contributed by atoms with Crippen molar-refractivity contribution in [2.75, 3.05) is 70.6 Å². The number of amides is 2. The maximum absolute atomic E-state index is 13.5. The first kappa shape index (κ1) is 40.6. The third-order valence-electron chi connectivity index (χ3n) is 9.64. The molecule has 290 valence electrons. The second-order valence-electron chi connectivity index (χ2n) is 13.0. The Balaban J connectivity index is 1.09. The lowest BCUT2D eigenvalue weighted by Crippen LogP contribution is -2.40.